The van der Waals surface area contributed by atoms with Gasteiger partial charge in [0.1, 0.15) is 0 Å². The van der Waals surface area contributed by atoms with Gasteiger partial charge in [0.15, 0.2) is 0 Å². The molecule has 0 fully saturated rings. The highest BCUT2D eigenvalue weighted by Gasteiger charge is 1.86. The normalized spacial score (nSPS) is 8.33. The highest BCUT2D eigenvalue weighted by Crippen LogP contribution is 2.07. The second-order valence-electron chi connectivity index (χ2n) is 2.20. The van der Waals surface area contributed by atoms with Crippen molar-refractivity contribution in [1.29, 1.82) is 0 Å². The Morgan fingerprint density at radius 3 is 2.33 bits per heavy atom. The first-order valence-electron chi connectivity index (χ1n) is 3.26. The topological polar surface area (TPSA) is 47.9 Å². The van der Waals surface area contributed by atoms with Gasteiger partial charge in [0, 0.05) is 20.0 Å². The van der Waals surface area contributed by atoms with Crippen LogP contribution < -0.4 is 6.15 Å². The average molecular weight is 157 g/mol. The van der Waals surface area contributed by atoms with Crippen LogP contribution in [0.2, 0.25) is 0 Å². The maximum atomic E-state index is 4.18. The van der Waals surface area contributed by atoms with Crippen molar-refractivity contribution in [2.24, 2.45) is 0 Å². The summed E-state index contributed by atoms with van der Waals surface area (Å²) in [7, 11) is 0. The molecule has 0 aliphatic rings. The number of para-hydroxylation sites is 1. The molecular weight excluding hydrogens is 147 g/mol. The summed E-state index contributed by atoms with van der Waals surface area (Å²) < 4.78 is 0. The van der Waals surface area contributed by atoms with Crippen LogP contribution in [0.1, 0.15) is 0 Å². The summed E-state index contributed by atoms with van der Waals surface area (Å²) in [6, 6.07) is 12.1. The Morgan fingerprint density at radius 2 is 1.58 bits per heavy atom. The van der Waals surface area contributed by atoms with Crippen LogP contribution in [-0.2, 0) is 0 Å². The predicted molar refractivity (Wildman–Crippen MR) is 52.5 cm³/mol. The summed E-state index contributed by atoms with van der Waals surface area (Å²) >= 11 is 0. The number of nitrogens with zero attached hydrogens (tertiary/aromatic N) is 1. The lowest BCUT2D eigenvalue weighted by atomic mass is 10.2. The zero-order chi connectivity index (χ0) is 6.81. The Morgan fingerprint density at radius 1 is 0.917 bits per heavy atom. The van der Waals surface area contributed by atoms with Crippen LogP contribution in [0.15, 0.2) is 42.6 Å². The lowest BCUT2D eigenvalue weighted by Gasteiger charge is -1.91. The fourth-order valence-corrected chi connectivity index (χ4v) is 1.02. The quantitative estimate of drug-likeness (QED) is 0.594. The van der Waals surface area contributed by atoms with Gasteiger partial charge in [-0.25, -0.2) is 0 Å². The van der Waals surface area contributed by atoms with Gasteiger partial charge in [0.25, 0.3) is 0 Å². The average Bonchev–Trinajstić information content (AvgIpc) is 2.05. The van der Waals surface area contributed by atoms with Gasteiger partial charge in [-0.3, -0.25) is 4.98 Å². The van der Waals surface area contributed by atoms with Gasteiger partial charge in [-0.05, 0) is 12.1 Å². The summed E-state index contributed by atoms with van der Waals surface area (Å²) in [5.41, 5.74) is 1.06. The summed E-state index contributed by atoms with van der Waals surface area (Å²) in [4.78, 5) is 4.18. The molecule has 1 aromatic heterocycles. The van der Waals surface area contributed by atoms with Crippen LogP contribution in [0.4, 0.5) is 0 Å². The monoisotopic (exact) mass is 157 g/mol. The van der Waals surface area contributed by atoms with Crippen LogP contribution in [0, 0.1) is 0 Å². The van der Waals surface area contributed by atoms with Crippen molar-refractivity contribution in [3.63, 3.8) is 0 Å². The maximum absolute atomic E-state index is 4.18. The molecule has 2 aromatic rings. The Balaban J connectivity index is 0.000000605. The molecule has 12 heavy (non-hydrogen) atoms. The first-order chi connectivity index (χ1) is 4.97. The molecule has 0 aliphatic heterocycles. The third-order valence-electron chi connectivity index (χ3n) is 1.51. The van der Waals surface area contributed by atoms with E-state index in [0.29, 0.717) is 0 Å². The summed E-state index contributed by atoms with van der Waals surface area (Å²) in [6.07, 6.45) is 1.81. The van der Waals surface area contributed by atoms with Crippen LogP contribution in [0.25, 0.3) is 10.9 Å². The van der Waals surface area contributed by atoms with Gasteiger partial charge < -0.3 is 6.15 Å². The third-order valence-corrected chi connectivity index (χ3v) is 1.51. The zero-order valence-electron chi connectivity index (χ0n) is 6.77. The highest BCUT2D eigenvalue weighted by molar-refractivity contribution is 5.77. The van der Waals surface area contributed by atoms with Crippen LogP contribution in [-0.4, -0.2) is 13.4 Å². The highest BCUT2D eigenvalue weighted by atomic mass is 14.6. The van der Waals surface area contributed by atoms with Crippen molar-refractivity contribution in [1.82, 2.24) is 11.1 Å². The Kier molecular flexibility index (Phi) is 4.01. The molecule has 0 atom stereocenters. The number of hydrogen-bond donors (Lipinski definition) is 1. The molecule has 1 aromatic carbocycles. The molecule has 0 unspecified atom stereocenters. The summed E-state index contributed by atoms with van der Waals surface area (Å²) in [6.45, 7) is 0. The van der Waals surface area contributed by atoms with E-state index in [0.717, 1.165) is 5.52 Å². The number of rotatable bonds is 0. The van der Waals surface area contributed by atoms with E-state index in [2.05, 4.69) is 17.1 Å². The number of pyridine rings is 1. The minimum atomic E-state index is 0. The standard InChI is InChI=1S/C9H7N.B.H3N/c1-2-6-9-8(4-1)5-3-7-10-9;;/h1-7H;;1H3. The van der Waals surface area contributed by atoms with Crippen molar-refractivity contribution in [3.05, 3.63) is 42.6 Å². The molecular formula is C9H10BN2. The zero-order valence-corrected chi connectivity index (χ0v) is 6.77. The van der Waals surface area contributed by atoms with Crippen molar-refractivity contribution in [2.75, 3.05) is 0 Å². The molecule has 0 bridgehead atoms. The first kappa shape index (κ1) is 10.7. The molecule has 0 amide bonds. The second kappa shape index (κ2) is 4.52. The van der Waals surface area contributed by atoms with Crippen molar-refractivity contribution >= 4 is 19.3 Å². The second-order valence-corrected chi connectivity index (χ2v) is 2.20. The molecule has 0 saturated heterocycles. The van der Waals surface area contributed by atoms with E-state index in [4.69, 9.17) is 0 Å². The summed E-state index contributed by atoms with van der Waals surface area (Å²) in [5.74, 6) is 0. The lowest BCUT2D eigenvalue weighted by Crippen LogP contribution is -1.73. The van der Waals surface area contributed by atoms with Crippen LogP contribution in [0.5, 0.6) is 0 Å². The number of benzene rings is 1. The number of fused-ring (bicyclic) bond motifs is 1. The van der Waals surface area contributed by atoms with Gasteiger partial charge in [-0.15, -0.1) is 0 Å². The Labute approximate surface area is 73.8 Å². The van der Waals surface area contributed by atoms with E-state index in [-0.39, 0.29) is 14.6 Å². The minimum absolute atomic E-state index is 0. The van der Waals surface area contributed by atoms with Crippen LogP contribution in [0.3, 0.4) is 0 Å². The summed E-state index contributed by atoms with van der Waals surface area (Å²) in [5, 5.41) is 1.20. The van der Waals surface area contributed by atoms with E-state index in [1.807, 2.05) is 30.5 Å². The molecule has 3 radical (unpaired) electrons. The fraction of sp³-hybridized carbons (Fsp3) is 0. The molecule has 59 valence electrons. The van der Waals surface area contributed by atoms with Gasteiger partial charge in [0.2, 0.25) is 0 Å². The van der Waals surface area contributed by atoms with Crippen molar-refractivity contribution in [2.45, 2.75) is 0 Å². The van der Waals surface area contributed by atoms with E-state index >= 15 is 0 Å². The smallest absolute Gasteiger partial charge is 0.0701 e. The van der Waals surface area contributed by atoms with E-state index in [1.54, 1.807) is 0 Å². The SMILES string of the molecule is N.[B].c1ccc2ncccc2c1. The van der Waals surface area contributed by atoms with Gasteiger partial charge in [0.05, 0.1) is 5.52 Å². The fourth-order valence-electron chi connectivity index (χ4n) is 1.02. The minimum Gasteiger partial charge on any atom is -0.344 e. The predicted octanol–water partition coefficient (Wildman–Crippen LogP) is 2.02. The molecule has 2 rings (SSSR count). The molecule has 0 saturated carbocycles. The Hall–Kier alpha value is -1.35. The van der Waals surface area contributed by atoms with Crippen molar-refractivity contribution in [3.8, 4) is 0 Å². The largest absolute Gasteiger partial charge is 0.344 e. The molecule has 0 spiro atoms. The van der Waals surface area contributed by atoms with E-state index in [9.17, 15) is 0 Å². The number of hydrogen-bond acceptors (Lipinski definition) is 2. The van der Waals surface area contributed by atoms with Crippen molar-refractivity contribution < 1.29 is 0 Å². The lowest BCUT2D eigenvalue weighted by molar-refractivity contribution is 1.41. The molecule has 3 N–H and O–H groups in total. The van der Waals surface area contributed by atoms with Gasteiger partial charge >= 0.3 is 0 Å². The molecule has 1 heterocycles. The third kappa shape index (κ3) is 1.83. The molecule has 0 aliphatic carbocycles. The maximum Gasteiger partial charge on any atom is 0.0701 e. The molecule has 2 nitrogen and oxygen atoms in total. The first-order valence-corrected chi connectivity index (χ1v) is 3.26. The van der Waals surface area contributed by atoms with E-state index < -0.39 is 0 Å². The van der Waals surface area contributed by atoms with E-state index in [1.165, 1.54) is 5.39 Å². The van der Waals surface area contributed by atoms with Gasteiger partial charge in [-0.1, -0.05) is 24.3 Å². The van der Waals surface area contributed by atoms with Crippen LogP contribution >= 0.6 is 0 Å². The number of aromatic nitrogens is 1. The Bertz CT molecular complexity index is 284. The van der Waals surface area contributed by atoms with Gasteiger partial charge in [-0.2, -0.15) is 0 Å². The molecule has 3 heteroatoms.